The van der Waals surface area contributed by atoms with Crippen molar-refractivity contribution in [2.45, 2.75) is 13.8 Å². The van der Waals surface area contributed by atoms with Crippen molar-refractivity contribution >= 4 is 34.4 Å². The SMILES string of the molecule is Cc1cc(/N=N/c2ccc(N)cc2C)c(Cl)cc1N. The quantitative estimate of drug-likeness (QED) is 0.623. The van der Waals surface area contributed by atoms with Crippen molar-refractivity contribution in [1.82, 2.24) is 0 Å². The lowest BCUT2D eigenvalue weighted by Crippen LogP contribution is -1.88. The van der Waals surface area contributed by atoms with Crippen LogP contribution in [0, 0.1) is 13.8 Å². The number of benzene rings is 2. The molecule has 0 aromatic heterocycles. The molecule has 0 saturated heterocycles. The van der Waals surface area contributed by atoms with Crippen LogP contribution in [0.4, 0.5) is 22.7 Å². The lowest BCUT2D eigenvalue weighted by atomic mass is 10.2. The Hall–Kier alpha value is -2.07. The fraction of sp³-hybridized carbons (Fsp3) is 0.143. The highest BCUT2D eigenvalue weighted by Gasteiger charge is 2.03. The second-order valence-electron chi connectivity index (χ2n) is 4.41. The van der Waals surface area contributed by atoms with Crippen LogP contribution in [0.1, 0.15) is 11.1 Å². The van der Waals surface area contributed by atoms with Gasteiger partial charge in [0.25, 0.3) is 0 Å². The van der Waals surface area contributed by atoms with Gasteiger partial charge < -0.3 is 11.5 Å². The van der Waals surface area contributed by atoms with Gasteiger partial charge >= 0.3 is 0 Å². The molecule has 0 fully saturated rings. The Balaban J connectivity index is 2.35. The first-order valence-electron chi connectivity index (χ1n) is 5.81. The smallest absolute Gasteiger partial charge is 0.105 e. The van der Waals surface area contributed by atoms with E-state index >= 15 is 0 Å². The highest BCUT2D eigenvalue weighted by molar-refractivity contribution is 6.33. The van der Waals surface area contributed by atoms with Crippen molar-refractivity contribution in [3.8, 4) is 0 Å². The number of anilines is 2. The molecule has 0 spiro atoms. The van der Waals surface area contributed by atoms with Gasteiger partial charge in [-0.25, -0.2) is 0 Å². The van der Waals surface area contributed by atoms with E-state index in [-0.39, 0.29) is 0 Å². The maximum absolute atomic E-state index is 6.08. The van der Waals surface area contributed by atoms with Gasteiger partial charge in [-0.15, -0.1) is 5.11 Å². The van der Waals surface area contributed by atoms with E-state index in [9.17, 15) is 0 Å². The largest absolute Gasteiger partial charge is 0.399 e. The molecule has 0 heterocycles. The van der Waals surface area contributed by atoms with E-state index < -0.39 is 0 Å². The number of rotatable bonds is 2. The summed E-state index contributed by atoms with van der Waals surface area (Å²) in [6, 6.07) is 8.96. The van der Waals surface area contributed by atoms with Gasteiger partial charge in [-0.2, -0.15) is 5.11 Å². The van der Waals surface area contributed by atoms with Crippen LogP contribution in [0.5, 0.6) is 0 Å². The molecular formula is C14H15ClN4. The van der Waals surface area contributed by atoms with Gasteiger partial charge in [0, 0.05) is 11.4 Å². The third-order valence-electron chi connectivity index (χ3n) is 2.82. The molecule has 2 aromatic carbocycles. The van der Waals surface area contributed by atoms with E-state index in [0.717, 1.165) is 16.8 Å². The van der Waals surface area contributed by atoms with Crippen molar-refractivity contribution in [3.05, 3.63) is 46.5 Å². The van der Waals surface area contributed by atoms with E-state index in [1.54, 1.807) is 12.1 Å². The number of nitrogens with zero attached hydrogens (tertiary/aromatic N) is 2. The summed E-state index contributed by atoms with van der Waals surface area (Å²) < 4.78 is 0. The summed E-state index contributed by atoms with van der Waals surface area (Å²) in [5, 5.41) is 8.84. The molecule has 19 heavy (non-hydrogen) atoms. The minimum Gasteiger partial charge on any atom is -0.399 e. The van der Waals surface area contributed by atoms with Crippen molar-refractivity contribution in [3.63, 3.8) is 0 Å². The third kappa shape index (κ3) is 3.03. The van der Waals surface area contributed by atoms with Gasteiger partial charge in [-0.1, -0.05) is 11.6 Å². The summed E-state index contributed by atoms with van der Waals surface area (Å²) >= 11 is 6.08. The first kappa shape index (κ1) is 13.4. The van der Waals surface area contributed by atoms with Gasteiger partial charge in [0.05, 0.1) is 10.7 Å². The molecule has 0 bridgehead atoms. The molecule has 0 radical (unpaired) electrons. The number of hydrogen-bond donors (Lipinski definition) is 2. The van der Waals surface area contributed by atoms with Crippen LogP contribution in [0.15, 0.2) is 40.6 Å². The zero-order chi connectivity index (χ0) is 14.0. The Morgan fingerprint density at radius 3 is 2.26 bits per heavy atom. The number of nitrogen functional groups attached to an aromatic ring is 2. The Morgan fingerprint density at radius 2 is 1.58 bits per heavy atom. The standard InChI is InChI=1S/C14H15ClN4/c1-8-6-14(11(15)7-12(8)17)19-18-13-4-3-10(16)5-9(13)2/h3-7H,16-17H2,1-2H3/b19-18+. The first-order valence-corrected chi connectivity index (χ1v) is 6.18. The van der Waals surface area contributed by atoms with Crippen molar-refractivity contribution < 1.29 is 0 Å². The Kier molecular flexibility index (Phi) is 3.71. The van der Waals surface area contributed by atoms with Crippen LogP contribution in [0.2, 0.25) is 5.02 Å². The number of azo groups is 1. The minimum atomic E-state index is 0.486. The predicted molar refractivity (Wildman–Crippen MR) is 80.4 cm³/mol. The highest BCUT2D eigenvalue weighted by atomic mass is 35.5. The zero-order valence-corrected chi connectivity index (χ0v) is 11.6. The minimum absolute atomic E-state index is 0.486. The molecule has 2 rings (SSSR count). The summed E-state index contributed by atoms with van der Waals surface area (Å²) in [5.41, 5.74) is 16.1. The average molecular weight is 275 g/mol. The van der Waals surface area contributed by atoms with Crippen molar-refractivity contribution in [2.75, 3.05) is 11.5 Å². The van der Waals surface area contributed by atoms with E-state index in [4.69, 9.17) is 23.1 Å². The molecule has 0 aliphatic carbocycles. The third-order valence-corrected chi connectivity index (χ3v) is 3.12. The Morgan fingerprint density at radius 1 is 0.895 bits per heavy atom. The van der Waals surface area contributed by atoms with Gasteiger partial charge in [0.2, 0.25) is 0 Å². The molecule has 5 heteroatoms. The summed E-state index contributed by atoms with van der Waals surface area (Å²) in [7, 11) is 0. The molecule has 0 aliphatic rings. The summed E-state index contributed by atoms with van der Waals surface area (Å²) in [6.07, 6.45) is 0. The predicted octanol–water partition coefficient (Wildman–Crippen LogP) is 4.54. The topological polar surface area (TPSA) is 76.8 Å². The Bertz CT molecular complexity index is 650. The monoisotopic (exact) mass is 274 g/mol. The molecule has 2 aromatic rings. The van der Waals surface area contributed by atoms with E-state index in [1.807, 2.05) is 32.0 Å². The summed E-state index contributed by atoms with van der Waals surface area (Å²) in [6.45, 7) is 3.83. The van der Waals surface area contributed by atoms with Crippen molar-refractivity contribution in [1.29, 1.82) is 0 Å². The number of hydrogen-bond acceptors (Lipinski definition) is 4. The van der Waals surface area contributed by atoms with Gasteiger partial charge in [-0.3, -0.25) is 0 Å². The lowest BCUT2D eigenvalue weighted by molar-refractivity contribution is 1.21. The second kappa shape index (κ2) is 5.28. The normalized spacial score (nSPS) is 11.1. The van der Waals surface area contributed by atoms with Crippen LogP contribution in [-0.2, 0) is 0 Å². The molecule has 4 nitrogen and oxygen atoms in total. The number of aryl methyl sites for hydroxylation is 2. The fourth-order valence-corrected chi connectivity index (χ4v) is 1.87. The maximum atomic E-state index is 6.08. The van der Waals surface area contributed by atoms with Crippen LogP contribution < -0.4 is 11.5 Å². The molecule has 4 N–H and O–H groups in total. The summed E-state index contributed by atoms with van der Waals surface area (Å²) in [5.74, 6) is 0. The molecule has 0 unspecified atom stereocenters. The van der Waals surface area contributed by atoms with Crippen molar-refractivity contribution in [2.24, 2.45) is 10.2 Å². The second-order valence-corrected chi connectivity index (χ2v) is 4.81. The van der Waals surface area contributed by atoms with E-state index in [1.165, 1.54) is 0 Å². The fourth-order valence-electron chi connectivity index (χ4n) is 1.66. The average Bonchev–Trinajstić information content (AvgIpc) is 2.34. The highest BCUT2D eigenvalue weighted by Crippen LogP contribution is 2.31. The van der Waals surface area contributed by atoms with E-state index in [0.29, 0.717) is 22.1 Å². The maximum Gasteiger partial charge on any atom is 0.105 e. The molecule has 0 saturated carbocycles. The molecule has 98 valence electrons. The van der Waals surface area contributed by atoms with Crippen LogP contribution in [-0.4, -0.2) is 0 Å². The van der Waals surface area contributed by atoms with Crippen LogP contribution >= 0.6 is 11.6 Å². The van der Waals surface area contributed by atoms with Gasteiger partial charge in [0.15, 0.2) is 0 Å². The number of nitrogens with two attached hydrogens (primary N) is 2. The van der Waals surface area contributed by atoms with Gasteiger partial charge in [0.1, 0.15) is 5.69 Å². The van der Waals surface area contributed by atoms with E-state index in [2.05, 4.69) is 10.2 Å². The first-order chi connectivity index (χ1) is 8.97. The zero-order valence-electron chi connectivity index (χ0n) is 10.8. The molecule has 0 atom stereocenters. The Labute approximate surface area is 117 Å². The van der Waals surface area contributed by atoms with Crippen LogP contribution in [0.3, 0.4) is 0 Å². The molecule has 0 aliphatic heterocycles. The van der Waals surface area contributed by atoms with Crippen LogP contribution in [0.25, 0.3) is 0 Å². The van der Waals surface area contributed by atoms with Gasteiger partial charge in [-0.05, 0) is 55.3 Å². The lowest BCUT2D eigenvalue weighted by Gasteiger charge is -2.04. The molecule has 0 amide bonds. The number of halogens is 1. The summed E-state index contributed by atoms with van der Waals surface area (Å²) in [4.78, 5) is 0. The molecular weight excluding hydrogens is 260 g/mol.